The lowest BCUT2D eigenvalue weighted by molar-refractivity contribution is -0.145. The SMILES string of the molecule is CCCCC(NOC(C)C)C(=O)O. The monoisotopic (exact) mass is 189 g/mol. The zero-order chi connectivity index (χ0) is 10.3. The first-order chi connectivity index (χ1) is 6.07. The summed E-state index contributed by atoms with van der Waals surface area (Å²) >= 11 is 0. The van der Waals surface area contributed by atoms with E-state index in [4.69, 9.17) is 9.94 Å². The van der Waals surface area contributed by atoms with Gasteiger partial charge in [-0.3, -0.25) is 9.63 Å². The minimum atomic E-state index is -0.853. The van der Waals surface area contributed by atoms with Crippen LogP contribution in [0.4, 0.5) is 0 Å². The van der Waals surface area contributed by atoms with Crippen molar-refractivity contribution in [1.82, 2.24) is 5.48 Å². The standard InChI is InChI=1S/C9H19NO3/c1-4-5-6-8(9(11)12)10-13-7(2)3/h7-8,10H,4-6H2,1-3H3,(H,11,12). The van der Waals surface area contributed by atoms with Gasteiger partial charge in [0.15, 0.2) is 0 Å². The molecule has 0 saturated carbocycles. The predicted octanol–water partition coefficient (Wildman–Crippen LogP) is 1.56. The third kappa shape index (κ3) is 6.54. The van der Waals surface area contributed by atoms with E-state index in [1.54, 1.807) is 0 Å². The second kappa shape index (κ2) is 6.86. The van der Waals surface area contributed by atoms with Crippen LogP contribution in [0.3, 0.4) is 0 Å². The Bertz CT molecular complexity index is 148. The molecule has 0 amide bonds. The van der Waals surface area contributed by atoms with Gasteiger partial charge in [-0.2, -0.15) is 5.48 Å². The first-order valence-corrected chi connectivity index (χ1v) is 4.71. The van der Waals surface area contributed by atoms with Gasteiger partial charge in [0.1, 0.15) is 6.04 Å². The van der Waals surface area contributed by atoms with Gasteiger partial charge < -0.3 is 5.11 Å². The highest BCUT2D eigenvalue weighted by Crippen LogP contribution is 2.01. The molecule has 0 radical (unpaired) electrons. The number of hydroxylamine groups is 1. The van der Waals surface area contributed by atoms with E-state index < -0.39 is 12.0 Å². The molecule has 0 aromatic heterocycles. The fourth-order valence-electron chi connectivity index (χ4n) is 0.859. The van der Waals surface area contributed by atoms with Gasteiger partial charge in [-0.1, -0.05) is 19.8 Å². The van der Waals surface area contributed by atoms with Crippen LogP contribution in [0.1, 0.15) is 40.0 Å². The third-order valence-electron chi connectivity index (χ3n) is 1.59. The van der Waals surface area contributed by atoms with E-state index in [9.17, 15) is 4.79 Å². The van der Waals surface area contributed by atoms with E-state index in [0.29, 0.717) is 6.42 Å². The molecule has 1 unspecified atom stereocenters. The fraction of sp³-hybridized carbons (Fsp3) is 0.889. The Morgan fingerprint density at radius 3 is 2.54 bits per heavy atom. The Balaban J connectivity index is 3.74. The number of aliphatic carboxylic acids is 1. The van der Waals surface area contributed by atoms with Crippen LogP contribution in [0.2, 0.25) is 0 Å². The molecule has 0 aromatic carbocycles. The van der Waals surface area contributed by atoms with E-state index in [-0.39, 0.29) is 6.10 Å². The molecular formula is C9H19NO3. The van der Waals surface area contributed by atoms with Gasteiger partial charge in [-0.05, 0) is 20.3 Å². The first kappa shape index (κ1) is 12.4. The summed E-state index contributed by atoms with van der Waals surface area (Å²) in [5.74, 6) is -0.853. The topological polar surface area (TPSA) is 58.6 Å². The van der Waals surface area contributed by atoms with Crippen LogP contribution in [0.25, 0.3) is 0 Å². The molecule has 0 aliphatic carbocycles. The summed E-state index contributed by atoms with van der Waals surface area (Å²) in [7, 11) is 0. The summed E-state index contributed by atoms with van der Waals surface area (Å²) in [6.45, 7) is 5.74. The highest BCUT2D eigenvalue weighted by molar-refractivity contribution is 5.73. The first-order valence-electron chi connectivity index (χ1n) is 4.71. The smallest absolute Gasteiger partial charge is 0.323 e. The number of hydrogen-bond donors (Lipinski definition) is 2. The van der Waals surface area contributed by atoms with Crippen LogP contribution in [-0.2, 0) is 9.63 Å². The molecule has 4 nitrogen and oxygen atoms in total. The second-order valence-electron chi connectivity index (χ2n) is 3.32. The van der Waals surface area contributed by atoms with Crippen molar-refractivity contribution in [1.29, 1.82) is 0 Å². The van der Waals surface area contributed by atoms with Gasteiger partial charge in [0.25, 0.3) is 0 Å². The number of unbranched alkanes of at least 4 members (excludes halogenated alkanes) is 1. The van der Waals surface area contributed by atoms with E-state index in [1.807, 2.05) is 20.8 Å². The molecule has 0 aliphatic heterocycles. The van der Waals surface area contributed by atoms with Gasteiger partial charge >= 0.3 is 5.97 Å². The largest absolute Gasteiger partial charge is 0.480 e. The van der Waals surface area contributed by atoms with Gasteiger partial charge in [-0.15, -0.1) is 0 Å². The number of carbonyl (C=O) groups is 1. The maximum Gasteiger partial charge on any atom is 0.323 e. The average Bonchev–Trinajstić information content (AvgIpc) is 2.03. The quantitative estimate of drug-likeness (QED) is 0.597. The van der Waals surface area contributed by atoms with Crippen LogP contribution in [0.15, 0.2) is 0 Å². The minimum Gasteiger partial charge on any atom is -0.480 e. The van der Waals surface area contributed by atoms with Crippen molar-refractivity contribution >= 4 is 5.97 Å². The van der Waals surface area contributed by atoms with E-state index in [0.717, 1.165) is 12.8 Å². The summed E-state index contributed by atoms with van der Waals surface area (Å²) in [4.78, 5) is 15.7. The molecule has 0 saturated heterocycles. The molecule has 0 aliphatic rings. The van der Waals surface area contributed by atoms with E-state index in [2.05, 4.69) is 5.48 Å². The minimum absolute atomic E-state index is 0.00322. The molecule has 0 spiro atoms. The van der Waals surface area contributed by atoms with E-state index >= 15 is 0 Å². The fourth-order valence-corrected chi connectivity index (χ4v) is 0.859. The number of hydrogen-bond acceptors (Lipinski definition) is 3. The van der Waals surface area contributed by atoms with Gasteiger partial charge in [0, 0.05) is 0 Å². The van der Waals surface area contributed by atoms with Crippen LogP contribution < -0.4 is 5.48 Å². The molecule has 0 rings (SSSR count). The summed E-state index contributed by atoms with van der Waals surface area (Å²) in [5.41, 5.74) is 2.55. The van der Waals surface area contributed by atoms with Crippen molar-refractivity contribution in [2.45, 2.75) is 52.2 Å². The van der Waals surface area contributed by atoms with Crippen LogP contribution in [-0.4, -0.2) is 23.2 Å². The number of nitrogens with one attached hydrogen (secondary N) is 1. The van der Waals surface area contributed by atoms with Crippen molar-refractivity contribution < 1.29 is 14.7 Å². The molecule has 0 heterocycles. The third-order valence-corrected chi connectivity index (χ3v) is 1.59. The molecule has 78 valence electrons. The summed E-state index contributed by atoms with van der Waals surface area (Å²) < 4.78 is 0. The van der Waals surface area contributed by atoms with Gasteiger partial charge in [0.05, 0.1) is 6.10 Å². The van der Waals surface area contributed by atoms with Crippen molar-refractivity contribution in [2.75, 3.05) is 0 Å². The highest BCUT2D eigenvalue weighted by atomic mass is 16.7. The van der Waals surface area contributed by atoms with Crippen molar-refractivity contribution in [3.05, 3.63) is 0 Å². The van der Waals surface area contributed by atoms with Crippen LogP contribution in [0, 0.1) is 0 Å². The van der Waals surface area contributed by atoms with Crippen LogP contribution >= 0.6 is 0 Å². The van der Waals surface area contributed by atoms with Crippen molar-refractivity contribution in [3.8, 4) is 0 Å². The Morgan fingerprint density at radius 2 is 2.15 bits per heavy atom. The summed E-state index contributed by atoms with van der Waals surface area (Å²) in [6.07, 6.45) is 2.50. The molecule has 1 atom stereocenters. The summed E-state index contributed by atoms with van der Waals surface area (Å²) in [5, 5.41) is 8.77. The lowest BCUT2D eigenvalue weighted by atomic mass is 10.1. The van der Waals surface area contributed by atoms with Crippen LogP contribution in [0.5, 0.6) is 0 Å². The Morgan fingerprint density at radius 1 is 1.54 bits per heavy atom. The van der Waals surface area contributed by atoms with Crippen molar-refractivity contribution in [3.63, 3.8) is 0 Å². The number of carboxylic acid groups (broad SMARTS) is 1. The van der Waals surface area contributed by atoms with E-state index in [1.165, 1.54) is 0 Å². The molecular weight excluding hydrogens is 170 g/mol. The van der Waals surface area contributed by atoms with Gasteiger partial charge in [-0.25, -0.2) is 0 Å². The Hall–Kier alpha value is -0.610. The molecule has 0 bridgehead atoms. The Labute approximate surface area is 79.2 Å². The molecule has 13 heavy (non-hydrogen) atoms. The molecule has 2 N–H and O–H groups in total. The highest BCUT2D eigenvalue weighted by Gasteiger charge is 2.16. The normalized spacial score (nSPS) is 13.2. The average molecular weight is 189 g/mol. The lowest BCUT2D eigenvalue weighted by Crippen LogP contribution is -2.38. The maximum atomic E-state index is 10.7. The predicted molar refractivity (Wildman–Crippen MR) is 50.3 cm³/mol. The molecule has 0 aromatic rings. The van der Waals surface area contributed by atoms with Crippen molar-refractivity contribution in [2.24, 2.45) is 0 Å². The molecule has 0 fully saturated rings. The number of carboxylic acids is 1. The zero-order valence-electron chi connectivity index (χ0n) is 8.54. The second-order valence-corrected chi connectivity index (χ2v) is 3.32. The van der Waals surface area contributed by atoms with Gasteiger partial charge in [0.2, 0.25) is 0 Å². The number of rotatable bonds is 7. The molecule has 4 heteroatoms. The summed E-state index contributed by atoms with van der Waals surface area (Å²) in [6, 6.07) is -0.581. The Kier molecular flexibility index (Phi) is 6.54. The lowest BCUT2D eigenvalue weighted by Gasteiger charge is -2.15. The zero-order valence-corrected chi connectivity index (χ0v) is 8.54. The maximum absolute atomic E-state index is 10.7.